The molecule has 0 atom stereocenters. The summed E-state index contributed by atoms with van der Waals surface area (Å²) in [5, 5.41) is 6.00. The maximum atomic E-state index is 12.7. The molecule has 0 aliphatic heterocycles. The molecule has 0 spiro atoms. The van der Waals surface area contributed by atoms with Crippen LogP contribution < -0.4 is 10.6 Å². The number of hydrogen-bond donors (Lipinski definition) is 2. The van der Waals surface area contributed by atoms with E-state index in [4.69, 9.17) is 0 Å². The van der Waals surface area contributed by atoms with Crippen LogP contribution in [-0.4, -0.2) is 17.9 Å². The number of anilines is 1. The normalized spacial score (nSPS) is 13.4. The molecule has 0 heterocycles. The lowest BCUT2D eigenvalue weighted by molar-refractivity contribution is 0.0951. The summed E-state index contributed by atoms with van der Waals surface area (Å²) >= 11 is 0. The number of amides is 2. The first-order chi connectivity index (χ1) is 12.1. The third-order valence-corrected chi connectivity index (χ3v) is 4.54. The van der Waals surface area contributed by atoms with Crippen molar-refractivity contribution in [2.24, 2.45) is 0 Å². The van der Waals surface area contributed by atoms with Crippen LogP contribution in [0.15, 0.2) is 42.5 Å². The summed E-state index contributed by atoms with van der Waals surface area (Å²) in [5.41, 5.74) is 4.16. The molecule has 3 rings (SSSR count). The quantitative estimate of drug-likeness (QED) is 0.839. The Kier molecular flexibility index (Phi) is 5.17. The zero-order valence-electron chi connectivity index (χ0n) is 14.8. The van der Waals surface area contributed by atoms with E-state index in [1.165, 1.54) is 0 Å². The van der Waals surface area contributed by atoms with Gasteiger partial charge in [0.15, 0.2) is 0 Å². The van der Waals surface area contributed by atoms with E-state index < -0.39 is 0 Å². The van der Waals surface area contributed by atoms with Crippen molar-refractivity contribution < 1.29 is 9.59 Å². The Balaban J connectivity index is 1.81. The van der Waals surface area contributed by atoms with Crippen LogP contribution in [0.3, 0.4) is 0 Å². The van der Waals surface area contributed by atoms with Crippen LogP contribution in [0.25, 0.3) is 0 Å². The smallest absolute Gasteiger partial charge is 0.255 e. The highest BCUT2D eigenvalue weighted by molar-refractivity contribution is 6.06. The number of hydrogen-bond acceptors (Lipinski definition) is 2. The second-order valence-electron chi connectivity index (χ2n) is 6.44. The Bertz CT molecular complexity index is 772. The van der Waals surface area contributed by atoms with E-state index in [9.17, 15) is 9.59 Å². The number of benzene rings is 2. The number of carbonyl (C=O) groups excluding carboxylic acids is 2. The fourth-order valence-electron chi connectivity index (χ4n) is 2.89. The Morgan fingerprint density at radius 2 is 1.48 bits per heavy atom. The lowest BCUT2D eigenvalue weighted by Gasteiger charge is -2.14. The van der Waals surface area contributed by atoms with Crippen molar-refractivity contribution >= 4 is 17.5 Å². The topological polar surface area (TPSA) is 58.2 Å². The van der Waals surface area contributed by atoms with Crippen LogP contribution in [0.2, 0.25) is 0 Å². The summed E-state index contributed by atoms with van der Waals surface area (Å²) in [7, 11) is 0. The molecular weight excluding hydrogens is 312 g/mol. The van der Waals surface area contributed by atoms with Gasteiger partial charge in [-0.2, -0.15) is 0 Å². The second kappa shape index (κ2) is 7.51. The summed E-state index contributed by atoms with van der Waals surface area (Å²) in [6.07, 6.45) is 3.79. The van der Waals surface area contributed by atoms with Crippen molar-refractivity contribution in [2.75, 3.05) is 5.32 Å². The van der Waals surface area contributed by atoms with Crippen molar-refractivity contribution in [3.05, 3.63) is 64.7 Å². The Morgan fingerprint density at radius 1 is 0.920 bits per heavy atom. The van der Waals surface area contributed by atoms with Gasteiger partial charge in [-0.25, -0.2) is 0 Å². The third kappa shape index (κ3) is 4.08. The molecule has 25 heavy (non-hydrogen) atoms. The molecule has 0 unspecified atom stereocenters. The Hall–Kier alpha value is -2.62. The van der Waals surface area contributed by atoms with E-state index in [-0.39, 0.29) is 11.8 Å². The monoisotopic (exact) mass is 336 g/mol. The number of aryl methyl sites for hydroxylation is 2. The van der Waals surface area contributed by atoms with Crippen molar-refractivity contribution in [3.63, 3.8) is 0 Å². The van der Waals surface area contributed by atoms with Crippen LogP contribution in [0.5, 0.6) is 0 Å². The van der Waals surface area contributed by atoms with Gasteiger partial charge < -0.3 is 10.6 Å². The SMILES string of the molecule is CCc1cccc(CC)c1NC(=O)c1cccc(C(=O)NC2CC2)c1. The average Bonchev–Trinajstić information content (AvgIpc) is 3.45. The van der Waals surface area contributed by atoms with Gasteiger partial charge in [0.05, 0.1) is 0 Å². The summed E-state index contributed by atoms with van der Waals surface area (Å²) in [5.74, 6) is -0.294. The largest absolute Gasteiger partial charge is 0.349 e. The molecule has 0 bridgehead atoms. The standard InChI is InChI=1S/C21H24N2O2/c1-3-14-7-5-8-15(4-2)19(14)23-21(25)17-10-6-9-16(13-17)20(24)22-18-11-12-18/h5-10,13,18H,3-4,11-12H2,1-2H3,(H,22,24)(H,23,25). The molecule has 2 amide bonds. The first-order valence-electron chi connectivity index (χ1n) is 8.95. The van der Waals surface area contributed by atoms with E-state index in [2.05, 4.69) is 24.5 Å². The van der Waals surface area contributed by atoms with Gasteiger partial charge in [0, 0.05) is 22.9 Å². The van der Waals surface area contributed by atoms with Gasteiger partial charge in [0.2, 0.25) is 0 Å². The van der Waals surface area contributed by atoms with Crippen molar-refractivity contribution in [1.82, 2.24) is 5.32 Å². The predicted octanol–water partition coefficient (Wildman–Crippen LogP) is 3.96. The number of rotatable bonds is 6. The maximum Gasteiger partial charge on any atom is 0.255 e. The Labute approximate surface area is 148 Å². The molecular formula is C21H24N2O2. The molecule has 2 N–H and O–H groups in total. The fraction of sp³-hybridized carbons (Fsp3) is 0.333. The summed E-state index contributed by atoms with van der Waals surface area (Å²) in [6, 6.07) is 13.3. The summed E-state index contributed by atoms with van der Waals surface area (Å²) in [4.78, 5) is 24.9. The van der Waals surface area contributed by atoms with E-state index in [0.717, 1.165) is 42.5 Å². The first kappa shape index (κ1) is 17.2. The number of nitrogens with one attached hydrogen (secondary N) is 2. The highest BCUT2D eigenvalue weighted by Crippen LogP contribution is 2.24. The van der Waals surface area contributed by atoms with Crippen LogP contribution in [-0.2, 0) is 12.8 Å². The molecule has 4 nitrogen and oxygen atoms in total. The maximum absolute atomic E-state index is 12.7. The van der Waals surface area contributed by atoms with E-state index >= 15 is 0 Å². The summed E-state index contributed by atoms with van der Waals surface area (Å²) < 4.78 is 0. The van der Waals surface area contributed by atoms with Gasteiger partial charge in [-0.15, -0.1) is 0 Å². The highest BCUT2D eigenvalue weighted by atomic mass is 16.2. The zero-order chi connectivity index (χ0) is 17.8. The van der Waals surface area contributed by atoms with Gasteiger partial charge in [-0.1, -0.05) is 38.1 Å². The molecule has 2 aromatic rings. The minimum absolute atomic E-state index is 0.111. The van der Waals surface area contributed by atoms with Gasteiger partial charge in [0.1, 0.15) is 0 Å². The zero-order valence-corrected chi connectivity index (χ0v) is 14.8. The summed E-state index contributed by atoms with van der Waals surface area (Å²) in [6.45, 7) is 4.15. The molecule has 0 saturated heterocycles. The molecule has 130 valence electrons. The van der Waals surface area contributed by atoms with E-state index in [1.807, 2.05) is 18.2 Å². The molecule has 1 saturated carbocycles. The lowest BCUT2D eigenvalue weighted by Crippen LogP contribution is -2.25. The second-order valence-corrected chi connectivity index (χ2v) is 6.44. The number of para-hydroxylation sites is 1. The minimum Gasteiger partial charge on any atom is -0.349 e. The molecule has 1 aliphatic carbocycles. The molecule has 1 fully saturated rings. The van der Waals surface area contributed by atoms with Crippen LogP contribution in [0.4, 0.5) is 5.69 Å². The third-order valence-electron chi connectivity index (χ3n) is 4.54. The van der Waals surface area contributed by atoms with Crippen LogP contribution in [0.1, 0.15) is 58.5 Å². The highest BCUT2D eigenvalue weighted by Gasteiger charge is 2.24. The van der Waals surface area contributed by atoms with Crippen LogP contribution in [0, 0.1) is 0 Å². The Morgan fingerprint density at radius 3 is 2.04 bits per heavy atom. The lowest BCUT2D eigenvalue weighted by atomic mass is 10.0. The fourth-order valence-corrected chi connectivity index (χ4v) is 2.89. The van der Waals surface area contributed by atoms with Crippen molar-refractivity contribution in [1.29, 1.82) is 0 Å². The van der Waals surface area contributed by atoms with Crippen molar-refractivity contribution in [3.8, 4) is 0 Å². The number of carbonyl (C=O) groups is 2. The first-order valence-corrected chi connectivity index (χ1v) is 8.95. The predicted molar refractivity (Wildman–Crippen MR) is 100 cm³/mol. The van der Waals surface area contributed by atoms with Gasteiger partial charge in [-0.3, -0.25) is 9.59 Å². The molecule has 4 heteroatoms. The van der Waals surface area contributed by atoms with Gasteiger partial charge in [-0.05, 0) is 55.0 Å². The molecule has 0 aromatic heterocycles. The molecule has 0 radical (unpaired) electrons. The molecule has 2 aromatic carbocycles. The average molecular weight is 336 g/mol. The van der Waals surface area contributed by atoms with Gasteiger partial charge in [0.25, 0.3) is 11.8 Å². The minimum atomic E-state index is -0.184. The van der Waals surface area contributed by atoms with E-state index in [0.29, 0.717) is 17.2 Å². The van der Waals surface area contributed by atoms with Crippen LogP contribution >= 0.6 is 0 Å². The van der Waals surface area contributed by atoms with Crippen molar-refractivity contribution in [2.45, 2.75) is 45.6 Å². The van der Waals surface area contributed by atoms with Gasteiger partial charge >= 0.3 is 0 Å². The van der Waals surface area contributed by atoms with E-state index in [1.54, 1.807) is 24.3 Å². The molecule has 1 aliphatic rings.